The Morgan fingerprint density at radius 2 is 1.05 bits per heavy atom. The average Bonchev–Trinajstić information content (AvgIpc) is 3.23. The molecule has 20 heavy (non-hydrogen) atoms. The molecule has 0 aromatic carbocycles. The summed E-state index contributed by atoms with van der Waals surface area (Å²) < 4.78 is 6.19. The van der Waals surface area contributed by atoms with Crippen LogP contribution in [0.2, 0.25) is 0 Å². The molecule has 2 heteroatoms. The molecule has 116 valence electrons. The van der Waals surface area contributed by atoms with Gasteiger partial charge in [-0.25, -0.2) is 0 Å². The molecular weight excluding hydrogens is 260 g/mol. The zero-order valence-corrected chi connectivity index (χ0v) is 15.7. The van der Waals surface area contributed by atoms with E-state index < -0.39 is 0 Å². The van der Waals surface area contributed by atoms with E-state index in [2.05, 4.69) is 6.92 Å². The SMILES string of the molecule is CC(O[SiH3])C(C1CCCC1)(C1CCCC1)C1CCCC1. The first-order valence-electron chi connectivity index (χ1n) is 9.33. The van der Waals surface area contributed by atoms with Crippen molar-refractivity contribution >= 4 is 10.5 Å². The topological polar surface area (TPSA) is 9.23 Å². The molecule has 1 nitrogen and oxygen atoms in total. The standard InChI is InChI=1S/C18H34OSi/c1-14(19-20)18(15-8-2-3-9-15,16-10-4-5-11-16)17-12-6-7-13-17/h14-17H,2-13H2,1,20H3. The summed E-state index contributed by atoms with van der Waals surface area (Å²) in [5.74, 6) is 2.95. The van der Waals surface area contributed by atoms with Crippen LogP contribution in [-0.4, -0.2) is 16.6 Å². The van der Waals surface area contributed by atoms with Crippen molar-refractivity contribution in [3.8, 4) is 0 Å². The molecule has 0 amide bonds. The van der Waals surface area contributed by atoms with Crippen LogP contribution < -0.4 is 0 Å². The van der Waals surface area contributed by atoms with Crippen LogP contribution in [0.15, 0.2) is 0 Å². The van der Waals surface area contributed by atoms with Crippen molar-refractivity contribution in [3.63, 3.8) is 0 Å². The van der Waals surface area contributed by atoms with E-state index in [4.69, 9.17) is 4.43 Å². The summed E-state index contributed by atoms with van der Waals surface area (Å²) in [7, 11) is 0.918. The maximum Gasteiger partial charge on any atom is 0.146 e. The highest BCUT2D eigenvalue weighted by Gasteiger charge is 2.55. The summed E-state index contributed by atoms with van der Waals surface area (Å²) in [6, 6.07) is 0. The lowest BCUT2D eigenvalue weighted by atomic mass is 9.55. The fourth-order valence-electron chi connectivity index (χ4n) is 6.48. The summed E-state index contributed by atoms with van der Waals surface area (Å²) in [6.45, 7) is 2.45. The van der Waals surface area contributed by atoms with Gasteiger partial charge in [0.1, 0.15) is 10.5 Å². The second-order valence-electron chi connectivity index (χ2n) is 7.82. The molecule has 0 radical (unpaired) electrons. The number of hydrogen-bond donors (Lipinski definition) is 0. The first kappa shape index (κ1) is 15.1. The van der Waals surface area contributed by atoms with Gasteiger partial charge in [0.2, 0.25) is 0 Å². The summed E-state index contributed by atoms with van der Waals surface area (Å²) in [6.07, 6.45) is 18.5. The van der Waals surface area contributed by atoms with Crippen LogP contribution in [0.25, 0.3) is 0 Å². The van der Waals surface area contributed by atoms with Crippen molar-refractivity contribution in [3.05, 3.63) is 0 Å². The molecule has 0 N–H and O–H groups in total. The van der Waals surface area contributed by atoms with Crippen LogP contribution in [0.3, 0.4) is 0 Å². The Morgan fingerprint density at radius 1 is 0.750 bits per heavy atom. The number of rotatable bonds is 5. The summed E-state index contributed by atoms with van der Waals surface area (Å²) in [5, 5.41) is 0. The van der Waals surface area contributed by atoms with Crippen LogP contribution in [-0.2, 0) is 4.43 Å². The molecule has 1 atom stereocenters. The fourth-order valence-corrected chi connectivity index (χ4v) is 6.89. The lowest BCUT2D eigenvalue weighted by molar-refractivity contribution is -0.0830. The van der Waals surface area contributed by atoms with E-state index in [0.29, 0.717) is 11.5 Å². The van der Waals surface area contributed by atoms with E-state index >= 15 is 0 Å². The molecule has 0 aromatic rings. The van der Waals surface area contributed by atoms with Crippen molar-refractivity contribution in [2.24, 2.45) is 23.2 Å². The highest BCUT2D eigenvalue weighted by atomic mass is 28.2. The van der Waals surface area contributed by atoms with Crippen molar-refractivity contribution in [1.29, 1.82) is 0 Å². The minimum absolute atomic E-state index is 0.531. The molecule has 0 aromatic heterocycles. The van der Waals surface area contributed by atoms with Crippen LogP contribution in [0.1, 0.15) is 84.0 Å². The zero-order chi connectivity index (χ0) is 14.0. The van der Waals surface area contributed by atoms with Crippen molar-refractivity contribution in [2.45, 2.75) is 90.1 Å². The van der Waals surface area contributed by atoms with Crippen LogP contribution >= 0.6 is 0 Å². The van der Waals surface area contributed by atoms with Gasteiger partial charge in [0.25, 0.3) is 0 Å². The summed E-state index contributed by atoms with van der Waals surface area (Å²) in [4.78, 5) is 0. The Hall–Kier alpha value is 0.177. The summed E-state index contributed by atoms with van der Waals surface area (Å²) in [5.41, 5.74) is 0.561. The molecule has 0 aliphatic heterocycles. The molecule has 3 saturated carbocycles. The lowest BCUT2D eigenvalue weighted by Crippen LogP contribution is -2.51. The Labute approximate surface area is 128 Å². The van der Waals surface area contributed by atoms with E-state index in [0.717, 1.165) is 28.2 Å². The van der Waals surface area contributed by atoms with Gasteiger partial charge in [0, 0.05) is 11.5 Å². The first-order chi connectivity index (χ1) is 9.80. The third-order valence-corrected chi connectivity index (χ3v) is 7.95. The molecule has 3 fully saturated rings. The van der Waals surface area contributed by atoms with Crippen LogP contribution in [0.5, 0.6) is 0 Å². The molecule has 0 saturated heterocycles. The second-order valence-corrected chi connectivity index (χ2v) is 8.29. The van der Waals surface area contributed by atoms with Gasteiger partial charge in [0.15, 0.2) is 0 Å². The van der Waals surface area contributed by atoms with Crippen molar-refractivity contribution in [2.75, 3.05) is 0 Å². The minimum atomic E-state index is 0.531. The van der Waals surface area contributed by atoms with Gasteiger partial charge in [-0.3, -0.25) is 0 Å². The van der Waals surface area contributed by atoms with Crippen molar-refractivity contribution < 1.29 is 4.43 Å². The third kappa shape index (κ3) is 2.41. The van der Waals surface area contributed by atoms with Crippen LogP contribution in [0.4, 0.5) is 0 Å². The van der Waals surface area contributed by atoms with Gasteiger partial charge in [-0.15, -0.1) is 0 Å². The van der Waals surface area contributed by atoms with Gasteiger partial charge in [-0.2, -0.15) is 0 Å². The van der Waals surface area contributed by atoms with E-state index in [1.807, 2.05) is 0 Å². The maximum atomic E-state index is 6.19. The third-order valence-electron chi connectivity index (χ3n) is 7.24. The Morgan fingerprint density at radius 3 is 1.30 bits per heavy atom. The zero-order valence-electron chi connectivity index (χ0n) is 13.7. The highest BCUT2D eigenvalue weighted by Crippen LogP contribution is 2.60. The minimum Gasteiger partial charge on any atom is -0.425 e. The Bertz CT molecular complexity index is 258. The number of hydrogen-bond acceptors (Lipinski definition) is 1. The second kappa shape index (κ2) is 6.52. The van der Waals surface area contributed by atoms with Gasteiger partial charge >= 0.3 is 0 Å². The Balaban J connectivity index is 1.95. The molecule has 3 aliphatic carbocycles. The van der Waals surface area contributed by atoms with E-state index in [-0.39, 0.29) is 0 Å². The maximum absolute atomic E-state index is 6.19. The molecule has 0 heterocycles. The Kier molecular flexibility index (Phi) is 4.92. The molecule has 3 aliphatic rings. The predicted molar refractivity (Wildman–Crippen MR) is 88.8 cm³/mol. The molecule has 0 spiro atoms. The van der Waals surface area contributed by atoms with Gasteiger partial charge in [0.05, 0.1) is 0 Å². The molecule has 0 bridgehead atoms. The highest BCUT2D eigenvalue weighted by molar-refractivity contribution is 5.98. The molecular formula is C18H34OSi. The monoisotopic (exact) mass is 294 g/mol. The molecule has 3 rings (SSSR count). The van der Waals surface area contributed by atoms with Crippen LogP contribution in [0, 0.1) is 23.2 Å². The largest absolute Gasteiger partial charge is 0.425 e. The van der Waals surface area contributed by atoms with E-state index in [1.54, 1.807) is 0 Å². The quantitative estimate of drug-likeness (QED) is 0.690. The van der Waals surface area contributed by atoms with Gasteiger partial charge in [-0.05, 0) is 63.2 Å². The predicted octanol–water partition coefficient (Wildman–Crippen LogP) is 4.23. The molecule has 1 unspecified atom stereocenters. The van der Waals surface area contributed by atoms with Crippen molar-refractivity contribution in [1.82, 2.24) is 0 Å². The van der Waals surface area contributed by atoms with Gasteiger partial charge < -0.3 is 4.43 Å². The normalized spacial score (nSPS) is 28.6. The smallest absolute Gasteiger partial charge is 0.146 e. The average molecular weight is 295 g/mol. The first-order valence-corrected chi connectivity index (χ1v) is 10.1. The summed E-state index contributed by atoms with van der Waals surface area (Å²) >= 11 is 0. The van der Waals surface area contributed by atoms with E-state index in [1.165, 1.54) is 77.0 Å². The lowest BCUT2D eigenvalue weighted by Gasteiger charge is -2.52. The van der Waals surface area contributed by atoms with Gasteiger partial charge in [-0.1, -0.05) is 38.5 Å². The van der Waals surface area contributed by atoms with E-state index in [9.17, 15) is 0 Å². The fraction of sp³-hybridized carbons (Fsp3) is 1.00.